The second-order valence-corrected chi connectivity index (χ2v) is 7.35. The van der Waals surface area contributed by atoms with Gasteiger partial charge in [-0.25, -0.2) is 5.43 Å². The third kappa shape index (κ3) is 5.07. The van der Waals surface area contributed by atoms with Gasteiger partial charge < -0.3 is 4.74 Å². The van der Waals surface area contributed by atoms with E-state index in [0.29, 0.717) is 11.8 Å². The summed E-state index contributed by atoms with van der Waals surface area (Å²) in [5.74, 6) is 2.39. The van der Waals surface area contributed by atoms with Crippen LogP contribution in [0.4, 0.5) is 0 Å². The normalized spacial score (nSPS) is 25.7. The Hall–Kier alpha value is -1.84. The van der Waals surface area contributed by atoms with Crippen molar-refractivity contribution in [3.63, 3.8) is 0 Å². The van der Waals surface area contributed by atoms with Gasteiger partial charge >= 0.3 is 0 Å². The zero-order valence-electron chi connectivity index (χ0n) is 15.2. The molecule has 0 bridgehead atoms. The second kappa shape index (κ2) is 9.02. The summed E-state index contributed by atoms with van der Waals surface area (Å²) in [6.07, 6.45) is 11.5. The van der Waals surface area contributed by atoms with E-state index in [0.717, 1.165) is 30.8 Å². The van der Waals surface area contributed by atoms with E-state index in [2.05, 4.69) is 17.5 Å². The van der Waals surface area contributed by atoms with Crippen LogP contribution in [0, 0.1) is 17.8 Å². The topological polar surface area (TPSA) is 50.7 Å². The van der Waals surface area contributed by atoms with Gasteiger partial charge in [-0.15, -0.1) is 0 Å². The number of unbranched alkanes of at least 4 members (excludes halogenated alkanes) is 1. The molecule has 25 heavy (non-hydrogen) atoms. The number of nitrogens with one attached hydrogen (secondary N) is 1. The van der Waals surface area contributed by atoms with Crippen molar-refractivity contribution in [3.05, 3.63) is 29.8 Å². The van der Waals surface area contributed by atoms with Crippen molar-refractivity contribution in [2.75, 3.05) is 6.61 Å². The van der Waals surface area contributed by atoms with Crippen molar-refractivity contribution in [1.82, 2.24) is 5.43 Å². The molecular weight excluding hydrogens is 312 g/mol. The molecule has 0 radical (unpaired) electrons. The first-order valence-electron chi connectivity index (χ1n) is 9.85. The number of hydrogen-bond acceptors (Lipinski definition) is 3. The number of rotatable bonds is 7. The third-order valence-corrected chi connectivity index (χ3v) is 5.49. The molecule has 136 valence electrons. The highest BCUT2D eigenvalue weighted by atomic mass is 16.5. The lowest BCUT2D eigenvalue weighted by Crippen LogP contribution is -2.21. The van der Waals surface area contributed by atoms with Crippen molar-refractivity contribution >= 4 is 12.1 Å². The Balaban J connectivity index is 1.44. The predicted octanol–water partition coefficient (Wildman–Crippen LogP) is 4.53. The summed E-state index contributed by atoms with van der Waals surface area (Å²) in [4.78, 5) is 12.3. The average Bonchev–Trinajstić information content (AvgIpc) is 3.27. The summed E-state index contributed by atoms with van der Waals surface area (Å²) in [7, 11) is 0. The molecule has 0 aromatic heterocycles. The first-order valence-corrected chi connectivity index (χ1v) is 9.85. The van der Waals surface area contributed by atoms with E-state index in [9.17, 15) is 4.79 Å². The Morgan fingerprint density at radius 1 is 1.16 bits per heavy atom. The Kier molecular flexibility index (Phi) is 6.48. The van der Waals surface area contributed by atoms with Gasteiger partial charge in [0.05, 0.1) is 12.8 Å². The molecule has 4 nitrogen and oxygen atoms in total. The van der Waals surface area contributed by atoms with Crippen LogP contribution < -0.4 is 10.2 Å². The van der Waals surface area contributed by atoms with Crippen LogP contribution in [-0.4, -0.2) is 18.7 Å². The van der Waals surface area contributed by atoms with E-state index in [4.69, 9.17) is 4.74 Å². The minimum Gasteiger partial charge on any atom is -0.494 e. The van der Waals surface area contributed by atoms with Gasteiger partial charge in [-0.3, -0.25) is 4.79 Å². The maximum atomic E-state index is 12.3. The molecule has 3 rings (SSSR count). The largest absolute Gasteiger partial charge is 0.494 e. The van der Waals surface area contributed by atoms with Gasteiger partial charge in [-0.2, -0.15) is 5.10 Å². The van der Waals surface area contributed by atoms with E-state index in [-0.39, 0.29) is 11.8 Å². The van der Waals surface area contributed by atoms with E-state index in [1.54, 1.807) is 6.21 Å². The van der Waals surface area contributed by atoms with Gasteiger partial charge in [0.25, 0.3) is 0 Å². The van der Waals surface area contributed by atoms with Gasteiger partial charge in [0, 0.05) is 5.92 Å². The molecular formula is C21H30N2O2. The Morgan fingerprint density at radius 3 is 2.48 bits per heavy atom. The molecule has 2 aliphatic rings. The Labute approximate surface area is 151 Å². The number of carbonyl (C=O) groups is 1. The summed E-state index contributed by atoms with van der Waals surface area (Å²) in [5, 5.41) is 4.15. The fourth-order valence-corrected chi connectivity index (χ4v) is 3.96. The predicted molar refractivity (Wildman–Crippen MR) is 101 cm³/mol. The quantitative estimate of drug-likeness (QED) is 0.449. The molecule has 4 heteroatoms. The summed E-state index contributed by atoms with van der Waals surface area (Å²) in [6, 6.07) is 7.81. The zero-order valence-corrected chi connectivity index (χ0v) is 15.2. The van der Waals surface area contributed by atoms with Crippen molar-refractivity contribution in [2.24, 2.45) is 22.9 Å². The summed E-state index contributed by atoms with van der Waals surface area (Å²) in [6.45, 7) is 2.90. The molecule has 2 saturated carbocycles. The molecule has 0 heterocycles. The number of hydrazone groups is 1. The summed E-state index contributed by atoms with van der Waals surface area (Å²) < 4.78 is 5.64. The van der Waals surface area contributed by atoms with E-state index in [1.165, 1.54) is 38.5 Å². The molecule has 2 fully saturated rings. The van der Waals surface area contributed by atoms with Crippen molar-refractivity contribution < 1.29 is 9.53 Å². The van der Waals surface area contributed by atoms with Crippen LogP contribution in [0.5, 0.6) is 5.75 Å². The van der Waals surface area contributed by atoms with Crippen LogP contribution in [0.2, 0.25) is 0 Å². The highest BCUT2D eigenvalue weighted by Crippen LogP contribution is 2.53. The number of fused-ring (bicyclic) bond motifs is 1. The molecule has 1 N–H and O–H groups in total. The molecule has 1 aromatic rings. The standard InChI is InChI=1S/C21H30N2O2/c1-2-3-14-25-17-12-10-16(11-13-17)15-22-23-21(24)20-18-8-6-4-5-7-9-19(18)20/h10-13,15,18-20H,2-9,14H2,1H3,(H,23,24). The highest BCUT2D eigenvalue weighted by molar-refractivity contribution is 5.85. The van der Waals surface area contributed by atoms with Crippen LogP contribution in [0.3, 0.4) is 0 Å². The van der Waals surface area contributed by atoms with Gasteiger partial charge in [-0.05, 0) is 60.9 Å². The molecule has 2 aliphatic carbocycles. The first kappa shape index (κ1) is 18.0. The van der Waals surface area contributed by atoms with Crippen LogP contribution in [0.15, 0.2) is 29.4 Å². The first-order chi connectivity index (χ1) is 12.3. The van der Waals surface area contributed by atoms with E-state index >= 15 is 0 Å². The molecule has 2 unspecified atom stereocenters. The molecule has 0 saturated heterocycles. The van der Waals surface area contributed by atoms with Crippen molar-refractivity contribution in [3.8, 4) is 5.75 Å². The fourth-order valence-electron chi connectivity index (χ4n) is 3.96. The maximum Gasteiger partial charge on any atom is 0.243 e. The molecule has 0 spiro atoms. The Bertz CT molecular complexity index is 568. The second-order valence-electron chi connectivity index (χ2n) is 7.35. The van der Waals surface area contributed by atoms with Gasteiger partial charge in [0.1, 0.15) is 5.75 Å². The van der Waals surface area contributed by atoms with Gasteiger partial charge in [-0.1, -0.05) is 39.0 Å². The number of hydrogen-bond donors (Lipinski definition) is 1. The smallest absolute Gasteiger partial charge is 0.243 e. The number of amides is 1. The van der Waals surface area contributed by atoms with Crippen LogP contribution >= 0.6 is 0 Å². The van der Waals surface area contributed by atoms with Crippen LogP contribution in [0.1, 0.15) is 63.9 Å². The number of benzene rings is 1. The minimum atomic E-state index is 0.104. The van der Waals surface area contributed by atoms with Crippen molar-refractivity contribution in [2.45, 2.75) is 58.3 Å². The number of ether oxygens (including phenoxy) is 1. The minimum absolute atomic E-state index is 0.104. The van der Waals surface area contributed by atoms with Crippen LogP contribution in [0.25, 0.3) is 0 Å². The number of nitrogens with zero attached hydrogens (tertiary/aromatic N) is 1. The lowest BCUT2D eigenvalue weighted by atomic mass is 10.0. The molecule has 2 atom stereocenters. The SMILES string of the molecule is CCCCOc1ccc(C=NNC(=O)C2C3CCCCCCC32)cc1. The lowest BCUT2D eigenvalue weighted by Gasteiger charge is -2.04. The molecule has 0 aliphatic heterocycles. The summed E-state index contributed by atoms with van der Waals surface area (Å²) >= 11 is 0. The monoisotopic (exact) mass is 342 g/mol. The van der Waals surface area contributed by atoms with Gasteiger partial charge in [0.2, 0.25) is 5.91 Å². The number of carbonyl (C=O) groups excluding carboxylic acids is 1. The van der Waals surface area contributed by atoms with Crippen molar-refractivity contribution in [1.29, 1.82) is 0 Å². The third-order valence-electron chi connectivity index (χ3n) is 5.49. The molecule has 1 aromatic carbocycles. The van der Waals surface area contributed by atoms with E-state index in [1.807, 2.05) is 24.3 Å². The van der Waals surface area contributed by atoms with E-state index < -0.39 is 0 Å². The highest BCUT2D eigenvalue weighted by Gasteiger charge is 2.53. The average molecular weight is 342 g/mol. The fraction of sp³-hybridized carbons (Fsp3) is 0.619. The van der Waals surface area contributed by atoms with Crippen LogP contribution in [-0.2, 0) is 4.79 Å². The maximum absolute atomic E-state index is 12.3. The summed E-state index contributed by atoms with van der Waals surface area (Å²) in [5.41, 5.74) is 3.71. The Morgan fingerprint density at radius 2 is 1.84 bits per heavy atom. The lowest BCUT2D eigenvalue weighted by molar-refractivity contribution is -0.122. The molecule has 1 amide bonds. The van der Waals surface area contributed by atoms with Gasteiger partial charge in [0.15, 0.2) is 0 Å². The zero-order chi connectivity index (χ0) is 17.5.